The van der Waals surface area contributed by atoms with Crippen molar-refractivity contribution in [1.29, 1.82) is 0 Å². The number of thiocarbonyl (C=S) groups is 1. The maximum atomic E-state index is 11.8. The monoisotopic (exact) mass is 381 g/mol. The highest BCUT2D eigenvalue weighted by atomic mass is 35.5. The Bertz CT molecular complexity index is 798. The van der Waals surface area contributed by atoms with Gasteiger partial charge in [0.15, 0.2) is 5.11 Å². The molecule has 2 N–H and O–H groups in total. The lowest BCUT2D eigenvalue weighted by Gasteiger charge is -2.33. The Morgan fingerprint density at radius 2 is 1.96 bits per heavy atom. The van der Waals surface area contributed by atoms with Gasteiger partial charge in [-0.15, -0.1) is 0 Å². The van der Waals surface area contributed by atoms with E-state index >= 15 is 0 Å². The summed E-state index contributed by atoms with van der Waals surface area (Å²) < 4.78 is 0. The van der Waals surface area contributed by atoms with Crippen LogP contribution in [0.1, 0.15) is 24.1 Å². The lowest BCUT2D eigenvalue weighted by molar-refractivity contribution is 0.149. The lowest BCUT2D eigenvalue weighted by Crippen LogP contribution is -2.39. The van der Waals surface area contributed by atoms with E-state index in [1.807, 2.05) is 19.1 Å². The predicted molar refractivity (Wildman–Crippen MR) is 96.4 cm³/mol. The van der Waals surface area contributed by atoms with Gasteiger partial charge in [-0.1, -0.05) is 41.4 Å². The molecule has 0 aliphatic carbocycles. The molecule has 5 nitrogen and oxygen atoms in total. The van der Waals surface area contributed by atoms with Gasteiger partial charge in [-0.3, -0.25) is 0 Å². The van der Waals surface area contributed by atoms with Gasteiger partial charge in [0.2, 0.25) is 0 Å². The van der Waals surface area contributed by atoms with Crippen LogP contribution in [-0.4, -0.2) is 26.2 Å². The molecular weight excluding hydrogens is 369 g/mol. The number of hydrogen-bond acceptors (Lipinski definition) is 3. The largest absolute Gasteiger partial charge is 0.465 e. The number of nitrogens with one attached hydrogen (secondary N) is 1. The lowest BCUT2D eigenvalue weighted by atomic mass is 9.82. The summed E-state index contributed by atoms with van der Waals surface area (Å²) in [5.74, 6) is 0. The van der Waals surface area contributed by atoms with Gasteiger partial charge in [0.1, 0.15) is 5.15 Å². The van der Waals surface area contributed by atoms with E-state index in [9.17, 15) is 9.90 Å². The number of carbonyl (C=O) groups is 1. The summed E-state index contributed by atoms with van der Waals surface area (Å²) >= 11 is 17.1. The number of nitrogens with zero attached hydrogens (tertiary/aromatic N) is 2. The second kappa shape index (κ2) is 6.20. The van der Waals surface area contributed by atoms with Gasteiger partial charge < -0.3 is 10.4 Å². The van der Waals surface area contributed by atoms with E-state index in [-0.39, 0.29) is 5.11 Å². The normalized spacial score (nSPS) is 23.2. The highest BCUT2D eigenvalue weighted by molar-refractivity contribution is 7.80. The first-order valence-corrected chi connectivity index (χ1v) is 8.21. The molecule has 0 unspecified atom stereocenters. The van der Waals surface area contributed by atoms with Gasteiger partial charge in [0.25, 0.3) is 0 Å². The second-order valence-electron chi connectivity index (χ2n) is 5.61. The molecule has 1 aromatic carbocycles. The predicted octanol–water partition coefficient (Wildman–Crippen LogP) is 4.21. The smallest absolute Gasteiger partial charge is 0.414 e. The van der Waals surface area contributed by atoms with Crippen molar-refractivity contribution < 1.29 is 9.90 Å². The highest BCUT2D eigenvalue weighted by Crippen LogP contribution is 2.44. The Balaban J connectivity index is 2.15. The van der Waals surface area contributed by atoms with Crippen molar-refractivity contribution in [1.82, 2.24) is 15.2 Å². The van der Waals surface area contributed by atoms with Crippen LogP contribution in [0.5, 0.6) is 0 Å². The molecule has 3 rings (SSSR count). The molecule has 24 heavy (non-hydrogen) atoms. The van der Waals surface area contributed by atoms with E-state index < -0.39 is 17.7 Å². The quantitative estimate of drug-likeness (QED) is 0.602. The van der Waals surface area contributed by atoms with Crippen LogP contribution < -0.4 is 5.32 Å². The molecule has 1 aliphatic rings. The summed E-state index contributed by atoms with van der Waals surface area (Å²) in [5.41, 5.74) is 0.778. The maximum absolute atomic E-state index is 11.8. The molecule has 1 aliphatic heterocycles. The van der Waals surface area contributed by atoms with Gasteiger partial charge >= 0.3 is 6.09 Å². The second-order valence-corrected chi connectivity index (χ2v) is 6.82. The molecule has 1 aromatic heterocycles. The van der Waals surface area contributed by atoms with E-state index in [4.69, 9.17) is 35.4 Å². The summed E-state index contributed by atoms with van der Waals surface area (Å²) in [7, 11) is 0. The van der Waals surface area contributed by atoms with Crippen molar-refractivity contribution >= 4 is 46.6 Å². The summed E-state index contributed by atoms with van der Waals surface area (Å²) in [6.45, 7) is 1.89. The minimum Gasteiger partial charge on any atom is -0.465 e. The van der Waals surface area contributed by atoms with E-state index in [0.29, 0.717) is 15.7 Å². The third-order valence-electron chi connectivity index (χ3n) is 4.11. The fourth-order valence-corrected chi connectivity index (χ4v) is 3.61. The minimum absolute atomic E-state index is 0.139. The van der Waals surface area contributed by atoms with E-state index in [0.717, 1.165) is 10.5 Å². The topological polar surface area (TPSA) is 65.5 Å². The van der Waals surface area contributed by atoms with Crippen LogP contribution in [0.2, 0.25) is 10.2 Å². The molecule has 2 heterocycles. The van der Waals surface area contributed by atoms with Gasteiger partial charge in [-0.05, 0) is 48.5 Å². The van der Waals surface area contributed by atoms with Gasteiger partial charge in [-0.2, -0.15) is 0 Å². The Hall–Kier alpha value is -1.89. The molecule has 8 heteroatoms. The summed E-state index contributed by atoms with van der Waals surface area (Å²) in [4.78, 5) is 17.0. The van der Waals surface area contributed by atoms with Crippen LogP contribution in [0.3, 0.4) is 0 Å². The Kier molecular flexibility index (Phi) is 4.38. The van der Waals surface area contributed by atoms with Crippen molar-refractivity contribution in [3.63, 3.8) is 0 Å². The van der Waals surface area contributed by atoms with Crippen molar-refractivity contribution in [2.24, 2.45) is 0 Å². The van der Waals surface area contributed by atoms with Crippen LogP contribution in [0, 0.1) is 0 Å². The summed E-state index contributed by atoms with van der Waals surface area (Å²) in [6, 6.07) is 9.99. The molecule has 1 saturated heterocycles. The number of hydrogen-bond donors (Lipinski definition) is 2. The van der Waals surface area contributed by atoms with Crippen LogP contribution >= 0.6 is 35.4 Å². The molecule has 124 valence electrons. The van der Waals surface area contributed by atoms with E-state index in [1.165, 1.54) is 0 Å². The number of aromatic nitrogens is 1. The van der Waals surface area contributed by atoms with Crippen LogP contribution in [0.4, 0.5) is 4.79 Å². The molecule has 0 bridgehead atoms. The zero-order valence-corrected chi connectivity index (χ0v) is 14.9. The number of halogens is 2. The number of rotatable bonds is 2. The number of amides is 1. The fraction of sp³-hybridized carbons (Fsp3) is 0.188. The third kappa shape index (κ3) is 2.81. The average molecular weight is 382 g/mol. The molecule has 0 saturated carbocycles. The Morgan fingerprint density at radius 3 is 2.50 bits per heavy atom. The zero-order chi connectivity index (χ0) is 17.5. The van der Waals surface area contributed by atoms with Crippen LogP contribution in [-0.2, 0) is 5.54 Å². The number of benzene rings is 1. The number of pyridine rings is 1. The molecule has 1 amide bonds. The molecule has 2 aromatic rings. The SMILES string of the molecule is C[C@@]1(c2ccc(Cl)cc2)NC(=S)N(C(=O)O)[C@@H]1c1ccc(Cl)nc1. The molecule has 0 radical (unpaired) electrons. The first kappa shape index (κ1) is 17.0. The molecular formula is C16H13Cl2N3O2S. The fourth-order valence-electron chi connectivity index (χ4n) is 2.98. The molecule has 1 fully saturated rings. The van der Waals surface area contributed by atoms with Crippen molar-refractivity contribution in [2.45, 2.75) is 18.5 Å². The van der Waals surface area contributed by atoms with Gasteiger partial charge in [-0.25, -0.2) is 14.7 Å². The summed E-state index contributed by atoms with van der Waals surface area (Å²) in [6.07, 6.45) is 0.428. The van der Waals surface area contributed by atoms with Crippen molar-refractivity contribution in [3.8, 4) is 0 Å². The molecule has 0 spiro atoms. The number of carboxylic acid groups (broad SMARTS) is 1. The van der Waals surface area contributed by atoms with Gasteiger partial charge in [0.05, 0.1) is 11.6 Å². The Morgan fingerprint density at radius 1 is 1.29 bits per heavy atom. The zero-order valence-electron chi connectivity index (χ0n) is 12.5. The average Bonchev–Trinajstić information content (AvgIpc) is 2.80. The minimum atomic E-state index is -1.13. The van der Waals surface area contributed by atoms with E-state index in [1.54, 1.807) is 30.5 Å². The van der Waals surface area contributed by atoms with Crippen molar-refractivity contribution in [3.05, 3.63) is 63.9 Å². The first-order valence-electron chi connectivity index (χ1n) is 7.05. The molecule has 2 atom stereocenters. The van der Waals surface area contributed by atoms with Gasteiger partial charge in [0, 0.05) is 11.2 Å². The first-order chi connectivity index (χ1) is 11.3. The maximum Gasteiger partial charge on any atom is 0.414 e. The highest BCUT2D eigenvalue weighted by Gasteiger charge is 2.51. The Labute approximate surface area is 154 Å². The van der Waals surface area contributed by atoms with E-state index in [2.05, 4.69) is 10.3 Å². The third-order valence-corrected chi connectivity index (χ3v) is 4.88. The standard InChI is InChI=1S/C16H13Cl2N3O2S/c1-16(10-3-5-11(17)6-4-10)13(9-2-7-12(18)19-8-9)21(15(22)23)14(24)20-16/h2-8,13H,1H3,(H,20,24)(H,22,23)/t13-,16+/m1/s1. The van der Waals surface area contributed by atoms with Crippen LogP contribution in [0.25, 0.3) is 0 Å². The van der Waals surface area contributed by atoms with Crippen LogP contribution in [0.15, 0.2) is 42.6 Å². The van der Waals surface area contributed by atoms with Crippen molar-refractivity contribution in [2.75, 3.05) is 0 Å². The summed E-state index contributed by atoms with van der Waals surface area (Å²) in [5, 5.41) is 13.8.